The molecule has 5 nitrogen and oxygen atoms in total. The minimum Gasteiger partial charge on any atom is -0.480 e. The summed E-state index contributed by atoms with van der Waals surface area (Å²) in [6.45, 7) is 4.32. The lowest BCUT2D eigenvalue weighted by Gasteiger charge is -2.27. The van der Waals surface area contributed by atoms with Gasteiger partial charge in [0.15, 0.2) is 0 Å². The zero-order chi connectivity index (χ0) is 16.8. The number of carbonyl (C=O) groups excluding carboxylic acids is 1. The number of amides is 1. The number of aryl methyl sites for hydroxylation is 1. The van der Waals surface area contributed by atoms with Gasteiger partial charge >= 0.3 is 5.97 Å². The van der Waals surface area contributed by atoms with Crippen LogP contribution in [0.15, 0.2) is 24.3 Å². The normalized spacial score (nSPS) is 17.1. The summed E-state index contributed by atoms with van der Waals surface area (Å²) >= 11 is 0. The Bertz CT molecular complexity index is 557. The summed E-state index contributed by atoms with van der Waals surface area (Å²) < 4.78 is 0. The number of carboxylic acids is 1. The number of nitrogens with zero attached hydrogens (tertiary/aromatic N) is 1. The first-order valence-corrected chi connectivity index (χ1v) is 8.30. The van der Waals surface area contributed by atoms with Gasteiger partial charge in [-0.15, -0.1) is 0 Å². The molecular weight excluding hydrogens is 292 g/mol. The molecule has 0 aromatic heterocycles. The third-order valence-electron chi connectivity index (χ3n) is 4.40. The largest absolute Gasteiger partial charge is 0.480 e. The molecular formula is C18H26N2O3. The van der Waals surface area contributed by atoms with E-state index in [1.807, 2.05) is 26.0 Å². The van der Waals surface area contributed by atoms with Crippen molar-refractivity contribution in [1.29, 1.82) is 0 Å². The van der Waals surface area contributed by atoms with Gasteiger partial charge in [0.05, 0.1) is 12.6 Å². The molecule has 0 spiro atoms. The first-order chi connectivity index (χ1) is 11.0. The minimum atomic E-state index is -0.861. The first kappa shape index (κ1) is 17.5. The third kappa shape index (κ3) is 5.06. The standard InChI is InChI=1S/C18H26N2O3/c1-13(2)20(12-18(22)23)11-10-17(21)19-16-9-5-7-14-6-3-4-8-15(14)16/h3-4,6,8,13,16H,5,7,9-12H2,1-2H3,(H,19,21)(H,22,23). The van der Waals surface area contributed by atoms with E-state index in [1.54, 1.807) is 4.90 Å². The van der Waals surface area contributed by atoms with Crippen molar-refractivity contribution in [3.63, 3.8) is 0 Å². The molecule has 23 heavy (non-hydrogen) atoms. The van der Waals surface area contributed by atoms with Crippen LogP contribution in [0.3, 0.4) is 0 Å². The van der Waals surface area contributed by atoms with E-state index in [9.17, 15) is 9.59 Å². The van der Waals surface area contributed by atoms with Crippen molar-refractivity contribution < 1.29 is 14.7 Å². The Morgan fingerprint density at radius 3 is 2.78 bits per heavy atom. The Kier molecular flexibility index (Phi) is 6.16. The summed E-state index contributed by atoms with van der Waals surface area (Å²) in [4.78, 5) is 24.9. The summed E-state index contributed by atoms with van der Waals surface area (Å²) in [5.74, 6) is -0.872. The van der Waals surface area contributed by atoms with Crippen LogP contribution in [-0.4, -0.2) is 41.0 Å². The molecule has 2 N–H and O–H groups in total. The minimum absolute atomic E-state index is 0.0114. The van der Waals surface area contributed by atoms with Crippen LogP contribution in [0.25, 0.3) is 0 Å². The zero-order valence-electron chi connectivity index (χ0n) is 13.9. The molecule has 0 radical (unpaired) electrons. The van der Waals surface area contributed by atoms with E-state index in [-0.39, 0.29) is 24.5 Å². The number of rotatable bonds is 7. The molecule has 0 fully saturated rings. The number of carboxylic acid groups (broad SMARTS) is 1. The van der Waals surface area contributed by atoms with Gasteiger partial charge in [0, 0.05) is 19.0 Å². The fourth-order valence-electron chi connectivity index (χ4n) is 3.11. The van der Waals surface area contributed by atoms with Gasteiger partial charge in [-0.3, -0.25) is 14.5 Å². The second-order valence-electron chi connectivity index (χ2n) is 6.42. The van der Waals surface area contributed by atoms with Gasteiger partial charge in [-0.2, -0.15) is 0 Å². The van der Waals surface area contributed by atoms with Gasteiger partial charge in [0.1, 0.15) is 0 Å². The van der Waals surface area contributed by atoms with E-state index in [0.29, 0.717) is 13.0 Å². The van der Waals surface area contributed by atoms with Crippen molar-refractivity contribution >= 4 is 11.9 Å². The highest BCUT2D eigenvalue weighted by Crippen LogP contribution is 2.29. The average molecular weight is 318 g/mol. The van der Waals surface area contributed by atoms with Crippen molar-refractivity contribution in [3.05, 3.63) is 35.4 Å². The molecule has 126 valence electrons. The van der Waals surface area contributed by atoms with E-state index in [0.717, 1.165) is 19.3 Å². The van der Waals surface area contributed by atoms with Crippen LogP contribution in [0.5, 0.6) is 0 Å². The Hall–Kier alpha value is -1.88. The number of fused-ring (bicyclic) bond motifs is 1. The number of benzene rings is 1. The second kappa shape index (κ2) is 8.11. The van der Waals surface area contributed by atoms with E-state index < -0.39 is 5.97 Å². The van der Waals surface area contributed by atoms with Crippen molar-refractivity contribution in [2.45, 2.75) is 51.6 Å². The van der Waals surface area contributed by atoms with Crippen LogP contribution >= 0.6 is 0 Å². The molecule has 1 amide bonds. The molecule has 1 aromatic rings. The molecule has 0 saturated heterocycles. The zero-order valence-corrected chi connectivity index (χ0v) is 13.9. The molecule has 0 bridgehead atoms. The molecule has 1 aromatic carbocycles. The Labute approximate surface area is 137 Å². The van der Waals surface area contributed by atoms with E-state index in [4.69, 9.17) is 5.11 Å². The SMILES string of the molecule is CC(C)N(CCC(=O)NC1CCCc2ccccc21)CC(=O)O. The van der Waals surface area contributed by atoms with Crippen LogP contribution in [0.4, 0.5) is 0 Å². The lowest BCUT2D eigenvalue weighted by molar-refractivity contribution is -0.139. The second-order valence-corrected chi connectivity index (χ2v) is 6.42. The van der Waals surface area contributed by atoms with Crippen LogP contribution in [0.2, 0.25) is 0 Å². The maximum absolute atomic E-state index is 12.2. The Morgan fingerprint density at radius 2 is 2.09 bits per heavy atom. The molecule has 0 saturated carbocycles. The van der Waals surface area contributed by atoms with Gasteiger partial charge < -0.3 is 10.4 Å². The van der Waals surface area contributed by atoms with E-state index in [2.05, 4.69) is 17.4 Å². The summed E-state index contributed by atoms with van der Waals surface area (Å²) in [5.41, 5.74) is 2.54. The monoisotopic (exact) mass is 318 g/mol. The van der Waals surface area contributed by atoms with Gasteiger partial charge in [0.25, 0.3) is 0 Å². The van der Waals surface area contributed by atoms with Gasteiger partial charge in [-0.05, 0) is 44.2 Å². The molecule has 0 aliphatic heterocycles. The average Bonchev–Trinajstić information content (AvgIpc) is 2.51. The lowest BCUT2D eigenvalue weighted by Crippen LogP contribution is -2.39. The molecule has 0 heterocycles. The summed E-state index contributed by atoms with van der Waals surface area (Å²) in [6.07, 6.45) is 3.44. The maximum atomic E-state index is 12.2. The number of carbonyl (C=O) groups is 2. The molecule has 1 aliphatic rings. The topological polar surface area (TPSA) is 69.6 Å². The summed E-state index contributed by atoms with van der Waals surface area (Å²) in [5, 5.41) is 12.0. The predicted molar refractivity (Wildman–Crippen MR) is 89.2 cm³/mol. The van der Waals surface area contributed by atoms with E-state index in [1.165, 1.54) is 11.1 Å². The Morgan fingerprint density at radius 1 is 1.35 bits per heavy atom. The van der Waals surface area contributed by atoms with Crippen LogP contribution in [0.1, 0.15) is 50.3 Å². The van der Waals surface area contributed by atoms with Crippen LogP contribution in [0, 0.1) is 0 Å². The quantitative estimate of drug-likeness (QED) is 0.810. The molecule has 5 heteroatoms. The van der Waals surface area contributed by atoms with Gasteiger partial charge in [0.2, 0.25) is 5.91 Å². The summed E-state index contributed by atoms with van der Waals surface area (Å²) in [6, 6.07) is 8.45. The predicted octanol–water partition coefficient (Wildman–Crippen LogP) is 2.37. The van der Waals surface area contributed by atoms with Crippen LogP contribution < -0.4 is 5.32 Å². The van der Waals surface area contributed by atoms with Crippen molar-refractivity contribution in [3.8, 4) is 0 Å². The van der Waals surface area contributed by atoms with Crippen molar-refractivity contribution in [1.82, 2.24) is 10.2 Å². The first-order valence-electron chi connectivity index (χ1n) is 8.30. The number of aliphatic carboxylic acids is 1. The smallest absolute Gasteiger partial charge is 0.317 e. The molecule has 1 aliphatic carbocycles. The highest BCUT2D eigenvalue weighted by atomic mass is 16.4. The number of hydrogen-bond acceptors (Lipinski definition) is 3. The highest BCUT2D eigenvalue weighted by Gasteiger charge is 2.22. The third-order valence-corrected chi connectivity index (χ3v) is 4.40. The van der Waals surface area contributed by atoms with Gasteiger partial charge in [-0.25, -0.2) is 0 Å². The van der Waals surface area contributed by atoms with E-state index >= 15 is 0 Å². The van der Waals surface area contributed by atoms with Crippen molar-refractivity contribution in [2.75, 3.05) is 13.1 Å². The fourth-order valence-corrected chi connectivity index (χ4v) is 3.11. The molecule has 2 rings (SSSR count). The van der Waals surface area contributed by atoms with Crippen molar-refractivity contribution in [2.24, 2.45) is 0 Å². The number of hydrogen-bond donors (Lipinski definition) is 2. The summed E-state index contributed by atoms with van der Waals surface area (Å²) in [7, 11) is 0. The van der Waals surface area contributed by atoms with Gasteiger partial charge in [-0.1, -0.05) is 24.3 Å². The fraction of sp³-hybridized carbons (Fsp3) is 0.556. The van der Waals surface area contributed by atoms with Crippen LogP contribution in [-0.2, 0) is 16.0 Å². The Balaban J connectivity index is 1.89. The highest BCUT2D eigenvalue weighted by molar-refractivity contribution is 5.77. The maximum Gasteiger partial charge on any atom is 0.317 e. The molecule has 1 unspecified atom stereocenters. The molecule has 1 atom stereocenters. The lowest BCUT2D eigenvalue weighted by atomic mass is 9.87. The number of nitrogens with one attached hydrogen (secondary N) is 1.